The summed E-state index contributed by atoms with van der Waals surface area (Å²) in [5.41, 5.74) is 0.602. The van der Waals surface area contributed by atoms with Gasteiger partial charge in [0, 0.05) is 31.9 Å². The number of nitrogens with one attached hydrogen (secondary N) is 1. The fourth-order valence-electron chi connectivity index (χ4n) is 3.09. The summed E-state index contributed by atoms with van der Waals surface area (Å²) in [5.74, 6) is 0.736. The van der Waals surface area contributed by atoms with Crippen LogP contribution in [0.2, 0.25) is 0 Å². The molecule has 1 aromatic carbocycles. The van der Waals surface area contributed by atoms with Gasteiger partial charge in [0.2, 0.25) is 0 Å². The van der Waals surface area contributed by atoms with E-state index >= 15 is 0 Å². The van der Waals surface area contributed by atoms with Crippen molar-refractivity contribution in [3.63, 3.8) is 0 Å². The Kier molecular flexibility index (Phi) is 5.43. The SMILES string of the molecule is N#Cc1ccc(NC2CCN(Cc3cccc(C(F)(F)F)c3)CC2)nc1. The molecule has 2 heterocycles. The smallest absolute Gasteiger partial charge is 0.367 e. The predicted octanol–water partition coefficient (Wildman–Crippen LogP) is 4.05. The average molecular weight is 360 g/mol. The number of nitrogens with zero attached hydrogens (tertiary/aromatic N) is 3. The Morgan fingerprint density at radius 1 is 1.19 bits per heavy atom. The van der Waals surface area contributed by atoms with Gasteiger partial charge in [-0.05, 0) is 36.6 Å². The molecule has 0 saturated carbocycles. The summed E-state index contributed by atoms with van der Waals surface area (Å²) < 4.78 is 38.4. The van der Waals surface area contributed by atoms with E-state index in [-0.39, 0.29) is 6.04 Å². The summed E-state index contributed by atoms with van der Waals surface area (Å²) in [6.07, 6.45) is -0.993. The number of benzene rings is 1. The summed E-state index contributed by atoms with van der Waals surface area (Å²) in [6, 6.07) is 11.3. The van der Waals surface area contributed by atoms with E-state index in [0.717, 1.165) is 37.8 Å². The summed E-state index contributed by atoms with van der Waals surface area (Å²) in [7, 11) is 0. The zero-order valence-corrected chi connectivity index (χ0v) is 14.1. The van der Waals surface area contributed by atoms with E-state index < -0.39 is 11.7 Å². The molecule has 0 aliphatic carbocycles. The standard InChI is InChI=1S/C19H19F3N4/c20-19(21,22)16-3-1-2-14(10-16)13-26-8-6-17(7-9-26)25-18-5-4-15(11-23)12-24-18/h1-5,10,12,17H,6-9,13H2,(H,24,25). The molecule has 4 nitrogen and oxygen atoms in total. The fraction of sp³-hybridized carbons (Fsp3) is 0.368. The number of nitriles is 1. The molecular formula is C19H19F3N4. The summed E-state index contributed by atoms with van der Waals surface area (Å²) >= 11 is 0. The second kappa shape index (κ2) is 7.75. The number of pyridine rings is 1. The van der Waals surface area contributed by atoms with Crippen LogP contribution in [0.5, 0.6) is 0 Å². The quantitative estimate of drug-likeness (QED) is 0.894. The van der Waals surface area contributed by atoms with Gasteiger partial charge in [-0.2, -0.15) is 18.4 Å². The first kappa shape index (κ1) is 18.2. The van der Waals surface area contributed by atoms with Crippen LogP contribution >= 0.6 is 0 Å². The van der Waals surface area contributed by atoms with Crippen molar-refractivity contribution in [2.24, 2.45) is 0 Å². The average Bonchev–Trinajstić information content (AvgIpc) is 2.63. The third kappa shape index (κ3) is 4.73. The van der Waals surface area contributed by atoms with Crippen LogP contribution in [0.1, 0.15) is 29.5 Å². The van der Waals surface area contributed by atoms with Gasteiger partial charge in [-0.3, -0.25) is 4.90 Å². The Hall–Kier alpha value is -2.59. The van der Waals surface area contributed by atoms with Crippen molar-refractivity contribution < 1.29 is 13.2 Å². The van der Waals surface area contributed by atoms with Crippen molar-refractivity contribution in [2.75, 3.05) is 18.4 Å². The Bertz CT molecular complexity index is 773. The van der Waals surface area contributed by atoms with E-state index in [2.05, 4.69) is 15.2 Å². The first-order valence-corrected chi connectivity index (χ1v) is 8.45. The van der Waals surface area contributed by atoms with Gasteiger partial charge in [0.25, 0.3) is 0 Å². The molecule has 0 spiro atoms. The molecule has 0 atom stereocenters. The molecule has 136 valence electrons. The van der Waals surface area contributed by atoms with Gasteiger partial charge in [-0.1, -0.05) is 18.2 Å². The Labute approximate surface area is 150 Å². The van der Waals surface area contributed by atoms with Crippen molar-refractivity contribution in [2.45, 2.75) is 31.6 Å². The third-order valence-electron chi connectivity index (χ3n) is 4.49. The van der Waals surface area contributed by atoms with E-state index in [4.69, 9.17) is 5.26 Å². The Morgan fingerprint density at radius 3 is 2.58 bits per heavy atom. The van der Waals surface area contributed by atoms with Gasteiger partial charge in [-0.25, -0.2) is 4.98 Å². The predicted molar refractivity (Wildman–Crippen MR) is 92.3 cm³/mol. The molecule has 26 heavy (non-hydrogen) atoms. The highest BCUT2D eigenvalue weighted by molar-refractivity contribution is 5.39. The molecule has 1 fully saturated rings. The lowest BCUT2D eigenvalue weighted by molar-refractivity contribution is -0.137. The highest BCUT2D eigenvalue weighted by atomic mass is 19.4. The van der Waals surface area contributed by atoms with Crippen LogP contribution in [0.4, 0.5) is 19.0 Å². The Balaban J connectivity index is 1.51. The fourth-order valence-corrected chi connectivity index (χ4v) is 3.09. The number of rotatable bonds is 4. The molecular weight excluding hydrogens is 341 g/mol. The summed E-state index contributed by atoms with van der Waals surface area (Å²) in [5, 5.41) is 12.1. The second-order valence-electron chi connectivity index (χ2n) is 6.44. The zero-order chi connectivity index (χ0) is 18.6. The minimum atomic E-state index is -4.30. The van der Waals surface area contributed by atoms with Crippen molar-refractivity contribution in [1.82, 2.24) is 9.88 Å². The number of halogens is 3. The van der Waals surface area contributed by atoms with Crippen molar-refractivity contribution >= 4 is 5.82 Å². The number of likely N-dealkylation sites (tertiary alicyclic amines) is 1. The highest BCUT2D eigenvalue weighted by Gasteiger charge is 2.30. The summed E-state index contributed by atoms with van der Waals surface area (Å²) in [6.45, 7) is 2.14. The number of hydrogen-bond donors (Lipinski definition) is 1. The van der Waals surface area contributed by atoms with Crippen LogP contribution in [0.15, 0.2) is 42.6 Å². The van der Waals surface area contributed by atoms with Gasteiger partial charge >= 0.3 is 6.18 Å². The van der Waals surface area contributed by atoms with Crippen molar-refractivity contribution in [3.05, 3.63) is 59.3 Å². The van der Waals surface area contributed by atoms with Gasteiger partial charge in [0.1, 0.15) is 11.9 Å². The maximum atomic E-state index is 12.8. The number of hydrogen-bond acceptors (Lipinski definition) is 4. The van der Waals surface area contributed by atoms with Crippen LogP contribution in [0, 0.1) is 11.3 Å². The van der Waals surface area contributed by atoms with Crippen LogP contribution in [-0.4, -0.2) is 29.0 Å². The lowest BCUT2D eigenvalue weighted by atomic mass is 10.0. The van der Waals surface area contributed by atoms with Crippen LogP contribution in [0.25, 0.3) is 0 Å². The maximum Gasteiger partial charge on any atom is 0.416 e. The number of aromatic nitrogens is 1. The molecule has 3 rings (SSSR count). The molecule has 0 bridgehead atoms. The molecule has 2 aromatic rings. The van der Waals surface area contributed by atoms with Crippen molar-refractivity contribution in [3.8, 4) is 6.07 Å². The third-order valence-corrected chi connectivity index (χ3v) is 4.49. The van der Waals surface area contributed by atoms with E-state index in [0.29, 0.717) is 17.7 Å². The van der Waals surface area contributed by atoms with E-state index in [1.54, 1.807) is 18.2 Å². The van der Waals surface area contributed by atoms with E-state index in [1.165, 1.54) is 18.3 Å². The van der Waals surface area contributed by atoms with Crippen LogP contribution in [-0.2, 0) is 12.7 Å². The van der Waals surface area contributed by atoms with E-state index in [9.17, 15) is 13.2 Å². The topological polar surface area (TPSA) is 52.0 Å². The first-order chi connectivity index (χ1) is 12.4. The maximum absolute atomic E-state index is 12.8. The Morgan fingerprint density at radius 2 is 1.96 bits per heavy atom. The molecule has 7 heteroatoms. The molecule has 0 amide bonds. The normalized spacial score (nSPS) is 16.2. The van der Waals surface area contributed by atoms with E-state index in [1.807, 2.05) is 6.07 Å². The highest BCUT2D eigenvalue weighted by Crippen LogP contribution is 2.30. The molecule has 1 aliphatic rings. The molecule has 1 aliphatic heterocycles. The van der Waals surface area contributed by atoms with Crippen LogP contribution < -0.4 is 5.32 Å². The number of piperidine rings is 1. The molecule has 1 N–H and O–H groups in total. The van der Waals surface area contributed by atoms with Crippen molar-refractivity contribution in [1.29, 1.82) is 5.26 Å². The van der Waals surface area contributed by atoms with Gasteiger partial charge in [0.05, 0.1) is 11.1 Å². The minimum Gasteiger partial charge on any atom is -0.367 e. The summed E-state index contributed by atoms with van der Waals surface area (Å²) in [4.78, 5) is 6.38. The van der Waals surface area contributed by atoms with Gasteiger partial charge in [-0.15, -0.1) is 0 Å². The van der Waals surface area contributed by atoms with Gasteiger partial charge < -0.3 is 5.32 Å². The molecule has 0 radical (unpaired) electrons. The number of anilines is 1. The first-order valence-electron chi connectivity index (χ1n) is 8.45. The molecule has 1 aromatic heterocycles. The zero-order valence-electron chi connectivity index (χ0n) is 14.1. The lowest BCUT2D eigenvalue weighted by Gasteiger charge is -2.32. The minimum absolute atomic E-state index is 0.271. The lowest BCUT2D eigenvalue weighted by Crippen LogP contribution is -2.38. The molecule has 1 saturated heterocycles. The largest absolute Gasteiger partial charge is 0.416 e. The van der Waals surface area contributed by atoms with Crippen LogP contribution in [0.3, 0.4) is 0 Å². The van der Waals surface area contributed by atoms with Gasteiger partial charge in [0.15, 0.2) is 0 Å². The monoisotopic (exact) mass is 360 g/mol. The second-order valence-corrected chi connectivity index (χ2v) is 6.44. The molecule has 0 unspecified atom stereocenters. The number of alkyl halides is 3.